The van der Waals surface area contributed by atoms with E-state index >= 15 is 0 Å². The third kappa shape index (κ3) is 5.99. The maximum Gasteiger partial charge on any atom is 0.266 e. The SMILES string of the molecule is CCOc1cccc(NC(=O)/C(C#N)=C\c2cc(Cl)c(OCc3ccc4c(c3)OCO4)c(Cl)c2)c1. The van der Waals surface area contributed by atoms with Gasteiger partial charge in [0.2, 0.25) is 6.79 Å². The van der Waals surface area contributed by atoms with Gasteiger partial charge in [0.1, 0.15) is 24.0 Å². The molecule has 0 radical (unpaired) electrons. The lowest BCUT2D eigenvalue weighted by molar-refractivity contribution is -0.112. The number of benzene rings is 3. The van der Waals surface area contributed by atoms with Crippen LogP contribution in [0.15, 0.2) is 60.2 Å². The number of halogens is 2. The molecule has 35 heavy (non-hydrogen) atoms. The van der Waals surface area contributed by atoms with E-state index in [1.807, 2.05) is 25.1 Å². The number of nitriles is 1. The van der Waals surface area contributed by atoms with Crippen LogP contribution in [0.4, 0.5) is 5.69 Å². The van der Waals surface area contributed by atoms with E-state index in [2.05, 4.69) is 5.32 Å². The Hall–Kier alpha value is -3.86. The topological polar surface area (TPSA) is 89.8 Å². The summed E-state index contributed by atoms with van der Waals surface area (Å²) in [7, 11) is 0. The van der Waals surface area contributed by atoms with Crippen molar-refractivity contribution in [1.29, 1.82) is 5.26 Å². The number of ether oxygens (including phenoxy) is 4. The molecule has 0 unspecified atom stereocenters. The number of amides is 1. The minimum atomic E-state index is -0.573. The first kappa shape index (κ1) is 24.3. The highest BCUT2D eigenvalue weighted by atomic mass is 35.5. The summed E-state index contributed by atoms with van der Waals surface area (Å²) in [5, 5.41) is 12.7. The average molecular weight is 511 g/mol. The molecule has 1 heterocycles. The summed E-state index contributed by atoms with van der Waals surface area (Å²) >= 11 is 12.8. The summed E-state index contributed by atoms with van der Waals surface area (Å²) in [6.07, 6.45) is 1.40. The smallest absolute Gasteiger partial charge is 0.266 e. The summed E-state index contributed by atoms with van der Waals surface area (Å²) in [6.45, 7) is 2.76. The van der Waals surface area contributed by atoms with Crippen molar-refractivity contribution in [3.05, 3.63) is 81.3 Å². The van der Waals surface area contributed by atoms with Gasteiger partial charge in [-0.25, -0.2) is 0 Å². The van der Waals surface area contributed by atoms with Crippen LogP contribution in [0.1, 0.15) is 18.1 Å². The largest absolute Gasteiger partial charge is 0.494 e. The molecule has 1 aliphatic heterocycles. The zero-order valence-electron chi connectivity index (χ0n) is 18.6. The molecule has 1 amide bonds. The van der Waals surface area contributed by atoms with Crippen LogP contribution in [0.25, 0.3) is 6.08 Å². The number of anilines is 1. The number of nitrogens with one attached hydrogen (secondary N) is 1. The second-order valence-electron chi connectivity index (χ2n) is 7.37. The molecular formula is C26H20Cl2N2O5. The van der Waals surface area contributed by atoms with Gasteiger partial charge in [0.15, 0.2) is 17.2 Å². The first-order valence-electron chi connectivity index (χ1n) is 10.6. The predicted molar refractivity (Wildman–Crippen MR) is 133 cm³/mol. The summed E-state index contributed by atoms with van der Waals surface area (Å²) in [5.74, 6) is 1.66. The Morgan fingerprint density at radius 2 is 1.86 bits per heavy atom. The van der Waals surface area contributed by atoms with Gasteiger partial charge in [-0.1, -0.05) is 35.3 Å². The van der Waals surface area contributed by atoms with E-state index in [0.717, 1.165) is 5.56 Å². The van der Waals surface area contributed by atoms with Gasteiger partial charge < -0.3 is 24.3 Å². The van der Waals surface area contributed by atoms with Gasteiger partial charge in [0, 0.05) is 11.8 Å². The summed E-state index contributed by atoms with van der Waals surface area (Å²) in [6, 6.07) is 17.4. The van der Waals surface area contributed by atoms with Crippen LogP contribution in [0.3, 0.4) is 0 Å². The van der Waals surface area contributed by atoms with Gasteiger partial charge in [0.25, 0.3) is 5.91 Å². The molecule has 3 aromatic rings. The molecule has 0 fully saturated rings. The van der Waals surface area contributed by atoms with Crippen molar-refractivity contribution in [2.45, 2.75) is 13.5 Å². The van der Waals surface area contributed by atoms with E-state index in [-0.39, 0.29) is 29.0 Å². The molecule has 0 saturated carbocycles. The number of hydrogen-bond donors (Lipinski definition) is 1. The lowest BCUT2D eigenvalue weighted by atomic mass is 10.1. The van der Waals surface area contributed by atoms with E-state index in [4.69, 9.17) is 42.1 Å². The van der Waals surface area contributed by atoms with Gasteiger partial charge in [0.05, 0.1) is 16.7 Å². The summed E-state index contributed by atoms with van der Waals surface area (Å²) in [5.41, 5.74) is 1.71. The molecule has 178 valence electrons. The quantitative estimate of drug-likeness (QED) is 0.284. The van der Waals surface area contributed by atoms with Gasteiger partial charge in [-0.05, 0) is 60.5 Å². The van der Waals surface area contributed by atoms with Crippen LogP contribution in [0.2, 0.25) is 10.0 Å². The van der Waals surface area contributed by atoms with Crippen molar-refractivity contribution in [3.63, 3.8) is 0 Å². The van der Waals surface area contributed by atoms with Crippen LogP contribution >= 0.6 is 23.2 Å². The lowest BCUT2D eigenvalue weighted by Gasteiger charge is -2.12. The molecule has 3 aromatic carbocycles. The van der Waals surface area contributed by atoms with E-state index < -0.39 is 5.91 Å². The first-order chi connectivity index (χ1) is 17.0. The molecule has 0 aliphatic carbocycles. The Bertz CT molecular complexity index is 1310. The van der Waals surface area contributed by atoms with Gasteiger partial charge in [-0.15, -0.1) is 0 Å². The van der Waals surface area contributed by atoms with Crippen LogP contribution in [-0.4, -0.2) is 19.3 Å². The lowest BCUT2D eigenvalue weighted by Crippen LogP contribution is -2.13. The molecule has 1 N–H and O–H groups in total. The highest BCUT2D eigenvalue weighted by molar-refractivity contribution is 6.37. The Kier molecular flexibility index (Phi) is 7.66. The Morgan fingerprint density at radius 3 is 2.60 bits per heavy atom. The van der Waals surface area contributed by atoms with Crippen molar-refractivity contribution >= 4 is 40.9 Å². The second-order valence-corrected chi connectivity index (χ2v) is 8.19. The molecule has 0 saturated heterocycles. The van der Waals surface area contributed by atoms with Crippen molar-refractivity contribution in [2.24, 2.45) is 0 Å². The number of hydrogen-bond acceptors (Lipinski definition) is 6. The first-order valence-corrected chi connectivity index (χ1v) is 11.4. The van der Waals surface area contributed by atoms with E-state index in [1.165, 1.54) is 6.08 Å². The maximum atomic E-state index is 12.6. The summed E-state index contributed by atoms with van der Waals surface area (Å²) < 4.78 is 21.9. The highest BCUT2D eigenvalue weighted by Crippen LogP contribution is 2.37. The highest BCUT2D eigenvalue weighted by Gasteiger charge is 2.16. The van der Waals surface area contributed by atoms with E-state index in [0.29, 0.717) is 40.9 Å². The number of nitrogens with zero attached hydrogens (tertiary/aromatic N) is 1. The molecule has 0 bridgehead atoms. The number of fused-ring (bicyclic) bond motifs is 1. The van der Waals surface area contributed by atoms with Crippen molar-refractivity contribution in [3.8, 4) is 29.1 Å². The summed E-state index contributed by atoms with van der Waals surface area (Å²) in [4.78, 5) is 12.6. The third-order valence-electron chi connectivity index (χ3n) is 4.92. The minimum absolute atomic E-state index is 0.118. The normalized spacial score (nSPS) is 12.1. The minimum Gasteiger partial charge on any atom is -0.494 e. The zero-order chi connectivity index (χ0) is 24.8. The molecule has 0 spiro atoms. The molecule has 0 atom stereocenters. The predicted octanol–water partition coefficient (Wildman–Crippen LogP) is 6.25. The molecule has 7 nitrogen and oxygen atoms in total. The Labute approximate surface area is 212 Å². The number of carbonyl (C=O) groups excluding carboxylic acids is 1. The molecule has 0 aromatic heterocycles. The fourth-order valence-electron chi connectivity index (χ4n) is 3.33. The van der Waals surface area contributed by atoms with Crippen LogP contribution in [-0.2, 0) is 11.4 Å². The Morgan fingerprint density at radius 1 is 1.09 bits per heavy atom. The van der Waals surface area contributed by atoms with Crippen molar-refractivity contribution < 1.29 is 23.7 Å². The fourth-order valence-corrected chi connectivity index (χ4v) is 3.94. The Balaban J connectivity index is 1.47. The van der Waals surface area contributed by atoms with Gasteiger partial charge in [-0.3, -0.25) is 4.79 Å². The van der Waals surface area contributed by atoms with Crippen LogP contribution in [0, 0.1) is 11.3 Å². The van der Waals surface area contributed by atoms with Crippen molar-refractivity contribution in [2.75, 3.05) is 18.7 Å². The van der Waals surface area contributed by atoms with Crippen LogP contribution < -0.4 is 24.3 Å². The third-order valence-corrected chi connectivity index (χ3v) is 5.48. The van der Waals surface area contributed by atoms with E-state index in [9.17, 15) is 10.1 Å². The van der Waals surface area contributed by atoms with Gasteiger partial charge in [-0.2, -0.15) is 5.26 Å². The van der Waals surface area contributed by atoms with Gasteiger partial charge >= 0.3 is 0 Å². The maximum absolute atomic E-state index is 12.6. The zero-order valence-corrected chi connectivity index (χ0v) is 20.2. The second kappa shape index (κ2) is 11.0. The fraction of sp³-hybridized carbons (Fsp3) is 0.154. The number of rotatable bonds is 8. The van der Waals surface area contributed by atoms with Crippen LogP contribution in [0.5, 0.6) is 23.0 Å². The molecule has 4 rings (SSSR count). The molecule has 1 aliphatic rings. The molecular weight excluding hydrogens is 491 g/mol. The molecule has 9 heteroatoms. The monoisotopic (exact) mass is 510 g/mol. The van der Waals surface area contributed by atoms with Crippen molar-refractivity contribution in [1.82, 2.24) is 0 Å². The number of carbonyl (C=O) groups is 1. The standard InChI is InChI=1S/C26H20Cl2N2O5/c1-2-32-20-5-3-4-19(12-20)30-26(31)18(13-29)8-17-9-21(27)25(22(28)10-17)33-14-16-6-7-23-24(11-16)35-15-34-23/h3-12H,2,14-15H2,1H3,(H,30,31)/b18-8-. The average Bonchev–Trinajstić information content (AvgIpc) is 3.30. The van der Waals surface area contributed by atoms with E-state index in [1.54, 1.807) is 42.5 Å².